The largest absolute Gasteiger partial charge is 0.454 e. The zero-order valence-electron chi connectivity index (χ0n) is 15.4. The first-order valence-electron chi connectivity index (χ1n) is 9.46. The smallest absolute Gasteiger partial charge is 0.231 e. The van der Waals surface area contributed by atoms with Gasteiger partial charge in [-0.05, 0) is 44.4 Å². The molecule has 1 aliphatic carbocycles. The molecule has 0 spiro atoms. The standard InChI is InChI=1S/C20H26N2O4/c1-20(2,14-7-8-16-17(10-14)26-12-25-16)21-19(24)13-9-18(23)22(11-13)15-5-3-4-6-15/h7-8,10,13,15H,3-6,9,11-12H2,1-2H3,(H,21,24). The van der Waals surface area contributed by atoms with Crippen LogP contribution in [0, 0.1) is 5.92 Å². The minimum absolute atomic E-state index is 0.0542. The van der Waals surface area contributed by atoms with Crippen LogP contribution in [-0.2, 0) is 15.1 Å². The zero-order valence-corrected chi connectivity index (χ0v) is 15.4. The molecule has 0 bridgehead atoms. The van der Waals surface area contributed by atoms with Crippen molar-refractivity contribution in [2.24, 2.45) is 5.92 Å². The van der Waals surface area contributed by atoms with Gasteiger partial charge in [0.05, 0.1) is 11.5 Å². The number of fused-ring (bicyclic) bond motifs is 1. The van der Waals surface area contributed by atoms with Gasteiger partial charge in [-0.15, -0.1) is 0 Å². The van der Waals surface area contributed by atoms with Gasteiger partial charge in [-0.2, -0.15) is 0 Å². The summed E-state index contributed by atoms with van der Waals surface area (Å²) in [5, 5.41) is 3.12. The van der Waals surface area contributed by atoms with Crippen LogP contribution in [0.4, 0.5) is 0 Å². The Morgan fingerprint density at radius 3 is 2.69 bits per heavy atom. The van der Waals surface area contributed by atoms with Crippen molar-refractivity contribution in [1.29, 1.82) is 0 Å². The number of benzene rings is 1. The van der Waals surface area contributed by atoms with Crippen molar-refractivity contribution in [2.45, 2.75) is 57.5 Å². The number of nitrogens with zero attached hydrogens (tertiary/aromatic N) is 1. The van der Waals surface area contributed by atoms with Crippen molar-refractivity contribution in [3.05, 3.63) is 23.8 Å². The molecule has 0 aromatic heterocycles. The van der Waals surface area contributed by atoms with E-state index in [9.17, 15) is 9.59 Å². The molecule has 0 radical (unpaired) electrons. The summed E-state index contributed by atoms with van der Waals surface area (Å²) >= 11 is 0. The Bertz CT molecular complexity index is 725. The molecule has 4 rings (SSSR count). The monoisotopic (exact) mass is 358 g/mol. The third kappa shape index (κ3) is 3.13. The average Bonchev–Trinajstić information content (AvgIpc) is 3.33. The van der Waals surface area contributed by atoms with Crippen LogP contribution in [0.1, 0.15) is 51.5 Å². The van der Waals surface area contributed by atoms with Crippen LogP contribution in [0.2, 0.25) is 0 Å². The number of carbonyl (C=O) groups excluding carboxylic acids is 2. The molecule has 1 saturated heterocycles. The molecule has 3 aliphatic rings. The fourth-order valence-electron chi connectivity index (χ4n) is 4.24. The SMILES string of the molecule is CC(C)(NC(=O)C1CC(=O)N(C2CCCC2)C1)c1ccc2c(c1)OCO2. The van der Waals surface area contributed by atoms with Crippen molar-refractivity contribution in [3.63, 3.8) is 0 Å². The highest BCUT2D eigenvalue weighted by Gasteiger charge is 2.40. The molecule has 140 valence electrons. The first-order valence-corrected chi connectivity index (χ1v) is 9.46. The van der Waals surface area contributed by atoms with Gasteiger partial charge in [-0.3, -0.25) is 9.59 Å². The number of hydrogen-bond acceptors (Lipinski definition) is 4. The molecule has 1 atom stereocenters. The Balaban J connectivity index is 1.43. The molecular weight excluding hydrogens is 332 g/mol. The maximum absolute atomic E-state index is 12.8. The molecule has 1 saturated carbocycles. The Morgan fingerprint density at radius 1 is 1.19 bits per heavy atom. The van der Waals surface area contributed by atoms with Crippen LogP contribution in [0.3, 0.4) is 0 Å². The maximum Gasteiger partial charge on any atom is 0.231 e. The molecule has 26 heavy (non-hydrogen) atoms. The molecule has 2 amide bonds. The van der Waals surface area contributed by atoms with Crippen LogP contribution in [0.15, 0.2) is 18.2 Å². The van der Waals surface area contributed by atoms with Gasteiger partial charge in [-0.1, -0.05) is 18.9 Å². The Kier molecular flexibility index (Phi) is 4.29. The molecule has 1 aromatic rings. The van der Waals surface area contributed by atoms with Crippen LogP contribution in [0.5, 0.6) is 11.5 Å². The van der Waals surface area contributed by atoms with Crippen molar-refractivity contribution in [1.82, 2.24) is 10.2 Å². The Hall–Kier alpha value is -2.24. The van der Waals surface area contributed by atoms with E-state index in [2.05, 4.69) is 5.32 Å². The summed E-state index contributed by atoms with van der Waals surface area (Å²) < 4.78 is 10.8. The molecule has 1 N–H and O–H groups in total. The van der Waals surface area contributed by atoms with Gasteiger partial charge in [0.1, 0.15) is 0 Å². The van der Waals surface area contributed by atoms with E-state index in [0.717, 1.165) is 24.2 Å². The number of hydrogen-bond donors (Lipinski definition) is 1. The minimum Gasteiger partial charge on any atom is -0.454 e. The number of amides is 2. The lowest BCUT2D eigenvalue weighted by Gasteiger charge is -2.29. The van der Waals surface area contributed by atoms with Crippen LogP contribution >= 0.6 is 0 Å². The highest BCUT2D eigenvalue weighted by molar-refractivity contribution is 5.89. The second-order valence-corrected chi connectivity index (χ2v) is 8.07. The van der Waals surface area contributed by atoms with E-state index >= 15 is 0 Å². The second kappa shape index (κ2) is 6.49. The van der Waals surface area contributed by atoms with Crippen molar-refractivity contribution in [2.75, 3.05) is 13.3 Å². The quantitative estimate of drug-likeness (QED) is 0.898. The van der Waals surface area contributed by atoms with E-state index in [-0.39, 0.29) is 24.5 Å². The number of nitrogens with one attached hydrogen (secondary N) is 1. The van der Waals surface area contributed by atoms with Gasteiger partial charge < -0.3 is 19.7 Å². The topological polar surface area (TPSA) is 67.9 Å². The van der Waals surface area contributed by atoms with E-state index in [0.29, 0.717) is 24.8 Å². The van der Waals surface area contributed by atoms with Gasteiger partial charge in [0.2, 0.25) is 18.6 Å². The van der Waals surface area contributed by atoms with Gasteiger partial charge in [-0.25, -0.2) is 0 Å². The normalized spacial score (nSPS) is 22.9. The summed E-state index contributed by atoms with van der Waals surface area (Å²) in [5.74, 6) is 1.23. The number of ether oxygens (including phenoxy) is 2. The lowest BCUT2D eigenvalue weighted by molar-refractivity contribution is -0.130. The summed E-state index contributed by atoms with van der Waals surface area (Å²) in [6, 6.07) is 6.06. The van der Waals surface area contributed by atoms with Crippen LogP contribution < -0.4 is 14.8 Å². The molecule has 2 aliphatic heterocycles. The number of likely N-dealkylation sites (tertiary alicyclic amines) is 1. The molecule has 6 heteroatoms. The third-order valence-corrected chi connectivity index (χ3v) is 5.82. The molecule has 2 fully saturated rings. The van der Waals surface area contributed by atoms with E-state index in [4.69, 9.17) is 9.47 Å². The van der Waals surface area contributed by atoms with Gasteiger partial charge in [0.25, 0.3) is 0 Å². The lowest BCUT2D eigenvalue weighted by atomic mass is 9.92. The second-order valence-electron chi connectivity index (χ2n) is 8.07. The summed E-state index contributed by atoms with van der Waals surface area (Å²) in [6.45, 7) is 4.71. The Labute approximate surface area is 153 Å². The van der Waals surface area contributed by atoms with E-state index in [1.54, 1.807) is 0 Å². The maximum atomic E-state index is 12.8. The predicted octanol–water partition coefficient (Wildman–Crippen LogP) is 2.56. The molecule has 1 aromatic carbocycles. The van der Waals surface area contributed by atoms with Gasteiger partial charge in [0.15, 0.2) is 11.5 Å². The Morgan fingerprint density at radius 2 is 1.92 bits per heavy atom. The van der Waals surface area contributed by atoms with Gasteiger partial charge >= 0.3 is 0 Å². The first-order chi connectivity index (χ1) is 12.4. The van der Waals surface area contributed by atoms with E-state index in [1.807, 2.05) is 36.9 Å². The average molecular weight is 358 g/mol. The van der Waals surface area contributed by atoms with Crippen LogP contribution in [-0.4, -0.2) is 36.1 Å². The molecular formula is C20H26N2O4. The summed E-state index contributed by atoms with van der Waals surface area (Å²) in [5.41, 5.74) is 0.397. The fourth-order valence-corrected chi connectivity index (χ4v) is 4.24. The molecule has 6 nitrogen and oxygen atoms in total. The fraction of sp³-hybridized carbons (Fsp3) is 0.600. The number of rotatable bonds is 4. The van der Waals surface area contributed by atoms with Crippen molar-refractivity contribution >= 4 is 11.8 Å². The highest BCUT2D eigenvalue weighted by atomic mass is 16.7. The van der Waals surface area contributed by atoms with E-state index in [1.165, 1.54) is 12.8 Å². The molecule has 1 unspecified atom stereocenters. The predicted molar refractivity (Wildman–Crippen MR) is 95.8 cm³/mol. The van der Waals surface area contributed by atoms with E-state index < -0.39 is 5.54 Å². The van der Waals surface area contributed by atoms with Crippen LogP contribution in [0.25, 0.3) is 0 Å². The highest BCUT2D eigenvalue weighted by Crippen LogP contribution is 2.36. The molecule has 2 heterocycles. The number of carbonyl (C=O) groups is 2. The van der Waals surface area contributed by atoms with Crippen molar-refractivity contribution in [3.8, 4) is 11.5 Å². The van der Waals surface area contributed by atoms with Crippen molar-refractivity contribution < 1.29 is 19.1 Å². The first kappa shape index (κ1) is 17.2. The summed E-state index contributed by atoms with van der Waals surface area (Å²) in [6.07, 6.45) is 4.83. The van der Waals surface area contributed by atoms with Gasteiger partial charge in [0, 0.05) is 19.0 Å². The summed E-state index contributed by atoms with van der Waals surface area (Å²) in [7, 11) is 0. The zero-order chi connectivity index (χ0) is 18.3. The summed E-state index contributed by atoms with van der Waals surface area (Å²) in [4.78, 5) is 27.1. The third-order valence-electron chi connectivity index (χ3n) is 5.82. The minimum atomic E-state index is -0.554. The lowest BCUT2D eigenvalue weighted by Crippen LogP contribution is -2.45.